The third-order valence-electron chi connectivity index (χ3n) is 6.40. The number of aliphatic hydroxyl groups excluding tert-OH is 1. The Hall–Kier alpha value is -3.86. The molecule has 0 bridgehead atoms. The molecule has 4 rings (SSSR count). The summed E-state index contributed by atoms with van der Waals surface area (Å²) >= 11 is 0. The molecule has 1 unspecified atom stereocenters. The lowest BCUT2D eigenvalue weighted by Crippen LogP contribution is -2.29. The maximum absolute atomic E-state index is 13.4. The molecule has 0 spiro atoms. The first-order valence-electron chi connectivity index (χ1n) is 12.1. The van der Waals surface area contributed by atoms with Crippen LogP contribution in [0.2, 0.25) is 0 Å². The van der Waals surface area contributed by atoms with Crippen molar-refractivity contribution in [3.05, 3.63) is 101 Å². The van der Waals surface area contributed by atoms with Crippen molar-refractivity contribution < 1.29 is 19.4 Å². The molecule has 1 N–H and O–H groups in total. The highest BCUT2D eigenvalue weighted by molar-refractivity contribution is 6.51. The molecule has 0 saturated carbocycles. The summed E-state index contributed by atoms with van der Waals surface area (Å²) in [6.07, 6.45) is 0.863. The highest BCUT2D eigenvalue weighted by Gasteiger charge is 2.47. The maximum Gasteiger partial charge on any atom is 0.300 e. The van der Waals surface area contributed by atoms with Crippen LogP contribution in [-0.4, -0.2) is 23.4 Å². The number of nitrogens with zero attached hydrogens (tertiary/aromatic N) is 1. The van der Waals surface area contributed by atoms with Gasteiger partial charge in [-0.25, -0.2) is 0 Å². The highest BCUT2D eigenvalue weighted by atomic mass is 16.5. The number of ketones is 1. The summed E-state index contributed by atoms with van der Waals surface area (Å²) in [7, 11) is 0. The summed E-state index contributed by atoms with van der Waals surface area (Å²) < 4.78 is 5.68. The van der Waals surface area contributed by atoms with Gasteiger partial charge >= 0.3 is 0 Å². The van der Waals surface area contributed by atoms with Gasteiger partial charge in [-0.05, 0) is 60.2 Å². The van der Waals surface area contributed by atoms with Gasteiger partial charge in [0.1, 0.15) is 11.5 Å². The fraction of sp³-hybridized carbons (Fsp3) is 0.267. The van der Waals surface area contributed by atoms with Crippen molar-refractivity contribution in [1.82, 2.24) is 0 Å². The lowest BCUT2D eigenvalue weighted by atomic mass is 9.94. The number of aliphatic hydroxyl groups is 1. The van der Waals surface area contributed by atoms with Crippen LogP contribution >= 0.6 is 0 Å². The summed E-state index contributed by atoms with van der Waals surface area (Å²) in [5, 5.41) is 11.3. The zero-order valence-corrected chi connectivity index (χ0v) is 20.6. The third-order valence-corrected chi connectivity index (χ3v) is 6.40. The van der Waals surface area contributed by atoms with Gasteiger partial charge in [0.2, 0.25) is 0 Å². The van der Waals surface area contributed by atoms with E-state index in [2.05, 4.69) is 20.8 Å². The lowest BCUT2D eigenvalue weighted by molar-refractivity contribution is -0.132. The van der Waals surface area contributed by atoms with Crippen LogP contribution in [0.4, 0.5) is 5.69 Å². The van der Waals surface area contributed by atoms with Gasteiger partial charge in [0.15, 0.2) is 0 Å². The van der Waals surface area contributed by atoms with Gasteiger partial charge in [-0.1, -0.05) is 69.3 Å². The van der Waals surface area contributed by atoms with Crippen LogP contribution in [0.3, 0.4) is 0 Å². The number of rotatable bonds is 7. The van der Waals surface area contributed by atoms with Crippen LogP contribution in [0, 0.1) is 0 Å². The van der Waals surface area contributed by atoms with Crippen LogP contribution in [-0.2, 0) is 16.0 Å². The number of hydrogen-bond donors (Lipinski definition) is 1. The van der Waals surface area contributed by atoms with Gasteiger partial charge in [0.25, 0.3) is 11.7 Å². The van der Waals surface area contributed by atoms with E-state index in [4.69, 9.17) is 4.74 Å². The van der Waals surface area contributed by atoms with E-state index in [9.17, 15) is 14.7 Å². The Labute approximate surface area is 206 Å². The number of anilines is 1. The average Bonchev–Trinajstić information content (AvgIpc) is 3.14. The molecule has 0 aliphatic carbocycles. The summed E-state index contributed by atoms with van der Waals surface area (Å²) in [6.45, 7) is 8.64. The molecule has 35 heavy (non-hydrogen) atoms. The van der Waals surface area contributed by atoms with Crippen molar-refractivity contribution in [2.24, 2.45) is 0 Å². The summed E-state index contributed by atoms with van der Waals surface area (Å²) in [5.41, 5.74) is 4.12. The molecule has 5 heteroatoms. The standard InChI is InChI=1S/C30H31NO4/c1-5-20-10-12-22(13-11-20)28(32)26-27(23-8-7-9-25(18-23)35-6-2)31(30(34)29(26)33)24-16-14-21(15-17-24)19(3)4/h7-19,27,32H,5-6H2,1-4H3/b28-26-. The minimum absolute atomic E-state index is 0.0702. The van der Waals surface area contributed by atoms with E-state index >= 15 is 0 Å². The first kappa shape index (κ1) is 24.3. The third kappa shape index (κ3) is 4.72. The second kappa shape index (κ2) is 10.2. The molecule has 1 atom stereocenters. The van der Waals surface area contributed by atoms with Gasteiger partial charge in [-0.3, -0.25) is 14.5 Å². The Morgan fingerprint density at radius 2 is 1.66 bits per heavy atom. The SMILES string of the molecule is CCOc1cccc(C2/C(=C(/O)c3ccc(CC)cc3)C(=O)C(=O)N2c2ccc(C(C)C)cc2)c1. The largest absolute Gasteiger partial charge is 0.507 e. The van der Waals surface area contributed by atoms with Crippen LogP contribution in [0.15, 0.2) is 78.4 Å². The van der Waals surface area contributed by atoms with Crippen molar-refractivity contribution in [2.45, 2.75) is 46.1 Å². The van der Waals surface area contributed by atoms with Crippen molar-refractivity contribution in [3.8, 4) is 5.75 Å². The predicted molar refractivity (Wildman–Crippen MR) is 139 cm³/mol. The number of aryl methyl sites for hydroxylation is 1. The number of ether oxygens (including phenoxy) is 1. The molecule has 1 aliphatic rings. The van der Waals surface area contributed by atoms with Gasteiger partial charge in [-0.15, -0.1) is 0 Å². The van der Waals surface area contributed by atoms with E-state index in [0.717, 1.165) is 17.5 Å². The molecule has 1 fully saturated rings. The molecule has 3 aromatic carbocycles. The summed E-state index contributed by atoms with van der Waals surface area (Å²) in [6, 6.07) is 21.6. The van der Waals surface area contributed by atoms with Gasteiger partial charge in [-0.2, -0.15) is 0 Å². The molecule has 180 valence electrons. The van der Waals surface area contributed by atoms with E-state index in [1.54, 1.807) is 12.1 Å². The second-order valence-electron chi connectivity index (χ2n) is 8.97. The van der Waals surface area contributed by atoms with E-state index in [0.29, 0.717) is 35.1 Å². The van der Waals surface area contributed by atoms with E-state index < -0.39 is 17.7 Å². The van der Waals surface area contributed by atoms with Crippen molar-refractivity contribution in [2.75, 3.05) is 11.5 Å². The normalized spacial score (nSPS) is 17.3. The number of benzene rings is 3. The lowest BCUT2D eigenvalue weighted by Gasteiger charge is -2.26. The van der Waals surface area contributed by atoms with Crippen molar-refractivity contribution in [1.29, 1.82) is 0 Å². The maximum atomic E-state index is 13.4. The number of carbonyl (C=O) groups is 2. The van der Waals surface area contributed by atoms with Crippen LogP contribution in [0.25, 0.3) is 5.76 Å². The number of amides is 1. The number of carbonyl (C=O) groups excluding carboxylic acids is 2. The Balaban J connectivity index is 1.89. The smallest absolute Gasteiger partial charge is 0.300 e. The van der Waals surface area contributed by atoms with Gasteiger partial charge in [0.05, 0.1) is 18.2 Å². The molecule has 0 radical (unpaired) electrons. The minimum atomic E-state index is -0.786. The molecule has 5 nitrogen and oxygen atoms in total. The van der Waals surface area contributed by atoms with Crippen LogP contribution < -0.4 is 9.64 Å². The van der Waals surface area contributed by atoms with Crippen molar-refractivity contribution >= 4 is 23.1 Å². The van der Waals surface area contributed by atoms with Crippen molar-refractivity contribution in [3.63, 3.8) is 0 Å². The van der Waals surface area contributed by atoms with E-state index in [1.165, 1.54) is 4.90 Å². The predicted octanol–water partition coefficient (Wildman–Crippen LogP) is 6.40. The molecule has 0 aromatic heterocycles. The minimum Gasteiger partial charge on any atom is -0.507 e. The molecular formula is C30H31NO4. The Morgan fingerprint density at radius 3 is 2.26 bits per heavy atom. The van der Waals surface area contributed by atoms with E-state index in [1.807, 2.05) is 67.6 Å². The summed E-state index contributed by atoms with van der Waals surface area (Å²) in [5.74, 6) is -0.580. The van der Waals surface area contributed by atoms with Gasteiger partial charge in [0, 0.05) is 11.3 Å². The molecule has 1 saturated heterocycles. The van der Waals surface area contributed by atoms with Crippen LogP contribution in [0.1, 0.15) is 61.9 Å². The monoisotopic (exact) mass is 469 g/mol. The fourth-order valence-corrected chi connectivity index (χ4v) is 4.43. The molecule has 1 aliphatic heterocycles. The molecule has 1 amide bonds. The first-order chi connectivity index (χ1) is 16.8. The van der Waals surface area contributed by atoms with Crippen LogP contribution in [0.5, 0.6) is 5.75 Å². The number of Topliss-reactive ketones (excluding diaryl/α,β-unsaturated/α-hetero) is 1. The quantitative estimate of drug-likeness (QED) is 0.247. The van der Waals surface area contributed by atoms with Gasteiger partial charge < -0.3 is 9.84 Å². The fourth-order valence-electron chi connectivity index (χ4n) is 4.43. The Kier molecular flexibility index (Phi) is 7.06. The first-order valence-corrected chi connectivity index (χ1v) is 12.1. The molecule has 3 aromatic rings. The second-order valence-corrected chi connectivity index (χ2v) is 8.97. The Morgan fingerprint density at radius 1 is 0.971 bits per heavy atom. The average molecular weight is 470 g/mol. The zero-order chi connectivity index (χ0) is 25.1. The summed E-state index contributed by atoms with van der Waals surface area (Å²) in [4.78, 5) is 28.2. The topological polar surface area (TPSA) is 66.8 Å². The molecular weight excluding hydrogens is 438 g/mol. The Bertz CT molecular complexity index is 1260. The highest BCUT2D eigenvalue weighted by Crippen LogP contribution is 2.43. The zero-order valence-electron chi connectivity index (χ0n) is 20.6. The number of hydrogen-bond acceptors (Lipinski definition) is 4. The molecule has 1 heterocycles. The van der Waals surface area contributed by atoms with E-state index in [-0.39, 0.29) is 11.3 Å².